The molecule has 0 spiro atoms. The first kappa shape index (κ1) is 18.6. The molecule has 0 unspecified atom stereocenters. The third-order valence-corrected chi connectivity index (χ3v) is 6.17. The SMILES string of the molecule is N#Cc1cnc(OCC23CC(C(=O)N4N=CC[C@H]4c4cc(F)cc(F)c4)(C2)C3)cn1. The van der Waals surface area contributed by atoms with Crippen molar-refractivity contribution in [3.63, 3.8) is 0 Å². The second-order valence-corrected chi connectivity index (χ2v) is 8.35. The average Bonchev–Trinajstić information content (AvgIpc) is 3.15. The molecule has 6 rings (SSSR count). The summed E-state index contributed by atoms with van der Waals surface area (Å²) in [6, 6.07) is 4.72. The molecule has 0 saturated heterocycles. The molecular formula is C21H17F2N5O2. The van der Waals surface area contributed by atoms with Crippen molar-refractivity contribution in [1.82, 2.24) is 15.0 Å². The van der Waals surface area contributed by atoms with Gasteiger partial charge in [-0.15, -0.1) is 0 Å². The van der Waals surface area contributed by atoms with Crippen LogP contribution in [0.25, 0.3) is 0 Å². The maximum absolute atomic E-state index is 13.6. The van der Waals surface area contributed by atoms with Gasteiger partial charge in [-0.05, 0) is 37.0 Å². The Balaban J connectivity index is 1.22. The molecule has 3 aliphatic carbocycles. The van der Waals surface area contributed by atoms with Crippen molar-refractivity contribution in [3.05, 3.63) is 53.5 Å². The summed E-state index contributed by atoms with van der Waals surface area (Å²) in [5, 5.41) is 14.3. The van der Waals surface area contributed by atoms with E-state index in [0.29, 0.717) is 43.7 Å². The van der Waals surface area contributed by atoms with Crippen LogP contribution < -0.4 is 4.74 Å². The van der Waals surface area contributed by atoms with Crippen LogP contribution >= 0.6 is 0 Å². The summed E-state index contributed by atoms with van der Waals surface area (Å²) >= 11 is 0. The third kappa shape index (κ3) is 2.91. The molecule has 1 amide bonds. The molecule has 3 fully saturated rings. The third-order valence-electron chi connectivity index (χ3n) is 6.17. The van der Waals surface area contributed by atoms with Gasteiger partial charge in [-0.1, -0.05) is 0 Å². The Morgan fingerprint density at radius 3 is 2.57 bits per heavy atom. The largest absolute Gasteiger partial charge is 0.476 e. The van der Waals surface area contributed by atoms with E-state index >= 15 is 0 Å². The van der Waals surface area contributed by atoms with Gasteiger partial charge in [0.15, 0.2) is 5.69 Å². The fourth-order valence-electron chi connectivity index (χ4n) is 4.95. The van der Waals surface area contributed by atoms with E-state index in [9.17, 15) is 13.6 Å². The van der Waals surface area contributed by atoms with Crippen molar-refractivity contribution >= 4 is 12.1 Å². The van der Waals surface area contributed by atoms with Gasteiger partial charge in [0.25, 0.3) is 0 Å². The molecule has 7 nitrogen and oxygen atoms in total. The van der Waals surface area contributed by atoms with Crippen molar-refractivity contribution in [2.24, 2.45) is 15.9 Å². The lowest BCUT2D eigenvalue weighted by molar-refractivity contribution is -0.227. The van der Waals surface area contributed by atoms with Gasteiger partial charge >= 0.3 is 0 Å². The van der Waals surface area contributed by atoms with Gasteiger partial charge in [-0.2, -0.15) is 10.4 Å². The number of carbonyl (C=O) groups excluding carboxylic acids is 1. The van der Waals surface area contributed by atoms with Crippen LogP contribution in [0, 0.1) is 33.8 Å². The zero-order valence-electron chi connectivity index (χ0n) is 15.9. The highest BCUT2D eigenvalue weighted by molar-refractivity contribution is 5.88. The number of amides is 1. The quantitative estimate of drug-likeness (QED) is 0.757. The fourth-order valence-corrected chi connectivity index (χ4v) is 4.95. The lowest BCUT2D eigenvalue weighted by Gasteiger charge is -2.69. The van der Waals surface area contributed by atoms with Crippen LogP contribution in [-0.2, 0) is 4.79 Å². The Labute approximate surface area is 171 Å². The molecule has 2 heterocycles. The molecule has 152 valence electrons. The van der Waals surface area contributed by atoms with E-state index < -0.39 is 23.1 Å². The number of halogens is 2. The molecule has 2 bridgehead atoms. The Hall–Kier alpha value is -3.41. The highest BCUT2D eigenvalue weighted by Gasteiger charge is 2.73. The summed E-state index contributed by atoms with van der Waals surface area (Å²) in [7, 11) is 0. The van der Waals surface area contributed by atoms with E-state index in [1.54, 1.807) is 6.21 Å². The highest BCUT2D eigenvalue weighted by Crippen LogP contribution is 2.74. The molecule has 9 heteroatoms. The standard InChI is InChI=1S/C21H17F2N5O2/c22-14-3-13(4-15(23)5-14)17-1-2-27-28(17)19(29)21-9-20(10-21,11-21)12-30-18-8-25-16(6-24)7-26-18/h2-5,7-8,17H,1,9-12H2/t17-,20?,21?/m0/s1. The van der Waals surface area contributed by atoms with E-state index in [1.807, 2.05) is 6.07 Å². The number of nitrogens with zero attached hydrogens (tertiary/aromatic N) is 5. The summed E-state index contributed by atoms with van der Waals surface area (Å²) in [6.07, 6.45) is 6.84. The van der Waals surface area contributed by atoms with E-state index in [-0.39, 0.29) is 17.0 Å². The van der Waals surface area contributed by atoms with Crippen LogP contribution in [0.3, 0.4) is 0 Å². The van der Waals surface area contributed by atoms with Crippen LogP contribution in [0.5, 0.6) is 5.88 Å². The van der Waals surface area contributed by atoms with E-state index in [1.165, 1.54) is 29.5 Å². The molecule has 2 aromatic rings. The highest BCUT2D eigenvalue weighted by atomic mass is 19.1. The predicted molar refractivity (Wildman–Crippen MR) is 100 cm³/mol. The Kier molecular flexibility index (Phi) is 4.07. The lowest BCUT2D eigenvalue weighted by Crippen LogP contribution is -2.69. The number of rotatable bonds is 5. The molecule has 30 heavy (non-hydrogen) atoms. The second-order valence-electron chi connectivity index (χ2n) is 8.35. The topological polar surface area (TPSA) is 91.5 Å². The van der Waals surface area contributed by atoms with Crippen LogP contribution in [-0.4, -0.2) is 33.7 Å². The number of nitriles is 1. The molecule has 4 aliphatic rings. The molecule has 0 radical (unpaired) electrons. The van der Waals surface area contributed by atoms with Gasteiger partial charge in [0.05, 0.1) is 30.5 Å². The zero-order chi connectivity index (χ0) is 20.9. The Morgan fingerprint density at radius 2 is 1.93 bits per heavy atom. The minimum absolute atomic E-state index is 0.0743. The maximum atomic E-state index is 13.6. The normalized spacial score (nSPS) is 28.4. The Morgan fingerprint density at radius 1 is 1.20 bits per heavy atom. The molecule has 1 aliphatic heterocycles. The maximum Gasteiger partial charge on any atom is 0.249 e. The monoisotopic (exact) mass is 409 g/mol. The van der Waals surface area contributed by atoms with Crippen LogP contribution in [0.15, 0.2) is 35.7 Å². The summed E-state index contributed by atoms with van der Waals surface area (Å²) in [5.74, 6) is -1.10. The number of carbonyl (C=O) groups is 1. The number of hydrogen-bond donors (Lipinski definition) is 0. The summed E-state index contributed by atoms with van der Waals surface area (Å²) in [5.41, 5.74) is 0.0689. The number of hydrazone groups is 1. The molecule has 3 saturated carbocycles. The van der Waals surface area contributed by atoms with Crippen molar-refractivity contribution in [1.29, 1.82) is 5.26 Å². The van der Waals surface area contributed by atoms with Crippen molar-refractivity contribution < 1.29 is 18.3 Å². The molecule has 0 N–H and O–H groups in total. The number of aromatic nitrogens is 2. The summed E-state index contributed by atoms with van der Waals surface area (Å²) in [6.45, 7) is 0.421. The van der Waals surface area contributed by atoms with Crippen molar-refractivity contribution in [2.45, 2.75) is 31.7 Å². The second kappa shape index (κ2) is 6.55. The van der Waals surface area contributed by atoms with E-state index in [0.717, 1.165) is 6.07 Å². The average molecular weight is 409 g/mol. The summed E-state index contributed by atoms with van der Waals surface area (Å²) in [4.78, 5) is 21.1. The smallest absolute Gasteiger partial charge is 0.249 e. The lowest BCUT2D eigenvalue weighted by atomic mass is 9.35. The van der Waals surface area contributed by atoms with Gasteiger partial charge in [0.1, 0.15) is 17.7 Å². The van der Waals surface area contributed by atoms with Crippen LogP contribution in [0.4, 0.5) is 8.78 Å². The molecule has 1 atom stereocenters. The summed E-state index contributed by atoms with van der Waals surface area (Å²) < 4.78 is 32.9. The van der Waals surface area contributed by atoms with Crippen molar-refractivity contribution in [2.75, 3.05) is 6.61 Å². The molecule has 1 aromatic heterocycles. The first-order chi connectivity index (χ1) is 14.4. The van der Waals surface area contributed by atoms with Gasteiger partial charge < -0.3 is 4.74 Å². The minimum atomic E-state index is -0.670. The van der Waals surface area contributed by atoms with Crippen LogP contribution in [0.1, 0.15) is 43.0 Å². The first-order valence-corrected chi connectivity index (χ1v) is 9.59. The van der Waals surface area contributed by atoms with Gasteiger partial charge in [0.2, 0.25) is 11.8 Å². The Bertz CT molecular complexity index is 1060. The number of ether oxygens (including phenoxy) is 1. The predicted octanol–water partition coefficient (Wildman–Crippen LogP) is 3.13. The van der Waals surface area contributed by atoms with Crippen LogP contribution in [0.2, 0.25) is 0 Å². The number of hydrogen-bond acceptors (Lipinski definition) is 6. The van der Waals surface area contributed by atoms with Crippen molar-refractivity contribution in [3.8, 4) is 11.9 Å². The van der Waals surface area contributed by atoms with Gasteiger partial charge in [-0.25, -0.2) is 23.8 Å². The fraction of sp³-hybridized carbons (Fsp3) is 0.381. The van der Waals surface area contributed by atoms with E-state index in [4.69, 9.17) is 10.00 Å². The first-order valence-electron chi connectivity index (χ1n) is 9.59. The van der Waals surface area contributed by atoms with Gasteiger partial charge in [-0.3, -0.25) is 4.79 Å². The van der Waals surface area contributed by atoms with Gasteiger partial charge in [0, 0.05) is 24.1 Å². The molecule has 1 aromatic carbocycles. The number of benzene rings is 1. The zero-order valence-corrected chi connectivity index (χ0v) is 15.9. The molecular weight excluding hydrogens is 392 g/mol. The van der Waals surface area contributed by atoms with E-state index in [2.05, 4.69) is 15.1 Å². The minimum Gasteiger partial charge on any atom is -0.476 e.